The molecule has 0 spiro atoms. The highest BCUT2D eigenvalue weighted by molar-refractivity contribution is 5.83. The van der Waals surface area contributed by atoms with Crippen molar-refractivity contribution in [1.29, 1.82) is 0 Å². The second-order valence-corrected chi connectivity index (χ2v) is 4.13. The van der Waals surface area contributed by atoms with Crippen molar-refractivity contribution < 1.29 is 4.42 Å². The van der Waals surface area contributed by atoms with Crippen LogP contribution in [0.3, 0.4) is 0 Å². The van der Waals surface area contributed by atoms with Crippen LogP contribution in [0.1, 0.15) is 5.76 Å². The van der Waals surface area contributed by atoms with Gasteiger partial charge in [-0.15, -0.1) is 0 Å². The number of aryl methyl sites for hydroxylation is 1. The Bertz CT molecular complexity index is 623. The first-order chi connectivity index (χ1) is 8.33. The normalized spacial score (nSPS) is 10.9. The summed E-state index contributed by atoms with van der Waals surface area (Å²) in [5.74, 6) is 0.943. The van der Waals surface area contributed by atoms with Crippen LogP contribution >= 0.6 is 0 Å². The summed E-state index contributed by atoms with van der Waals surface area (Å²) in [6.45, 7) is 0.714. The fourth-order valence-corrected chi connectivity index (χ4v) is 1.99. The maximum atomic E-state index is 5.28. The average molecular weight is 226 g/mol. The van der Waals surface area contributed by atoms with E-state index in [0.717, 1.165) is 11.4 Å². The van der Waals surface area contributed by atoms with E-state index < -0.39 is 0 Å². The zero-order chi connectivity index (χ0) is 11.7. The predicted octanol–water partition coefficient (Wildman–Crippen LogP) is 3.38. The van der Waals surface area contributed by atoms with Crippen molar-refractivity contribution in [3.8, 4) is 0 Å². The molecule has 3 heteroatoms. The highest BCUT2D eigenvalue weighted by Crippen LogP contribution is 2.20. The molecule has 0 aliphatic heterocycles. The van der Waals surface area contributed by atoms with Gasteiger partial charge in [-0.3, -0.25) is 0 Å². The van der Waals surface area contributed by atoms with Crippen LogP contribution in [0.5, 0.6) is 0 Å². The van der Waals surface area contributed by atoms with Gasteiger partial charge in [-0.1, -0.05) is 0 Å². The quantitative estimate of drug-likeness (QED) is 0.742. The zero-order valence-electron chi connectivity index (χ0n) is 9.68. The Morgan fingerprint density at radius 2 is 2.18 bits per heavy atom. The van der Waals surface area contributed by atoms with Gasteiger partial charge in [0.2, 0.25) is 0 Å². The Labute approximate surface area is 99.7 Å². The molecule has 0 amide bonds. The number of aromatic nitrogens is 1. The Kier molecular flexibility index (Phi) is 2.37. The Balaban J connectivity index is 1.81. The minimum absolute atomic E-state index is 0.714. The molecule has 3 rings (SSSR count). The molecule has 0 radical (unpaired) electrons. The van der Waals surface area contributed by atoms with Gasteiger partial charge in [0.1, 0.15) is 5.76 Å². The van der Waals surface area contributed by atoms with Crippen molar-refractivity contribution >= 4 is 16.6 Å². The molecular weight excluding hydrogens is 212 g/mol. The lowest BCUT2D eigenvalue weighted by Crippen LogP contribution is -1.97. The molecular formula is C14H14N2O. The lowest BCUT2D eigenvalue weighted by atomic mass is 10.2. The molecule has 0 saturated carbocycles. The molecule has 0 saturated heterocycles. The van der Waals surface area contributed by atoms with E-state index in [4.69, 9.17) is 4.42 Å². The summed E-state index contributed by atoms with van der Waals surface area (Å²) in [4.78, 5) is 0. The highest BCUT2D eigenvalue weighted by Gasteiger charge is 2.00. The van der Waals surface area contributed by atoms with E-state index in [1.807, 2.05) is 12.1 Å². The molecule has 0 unspecified atom stereocenters. The summed E-state index contributed by atoms with van der Waals surface area (Å²) in [6, 6.07) is 12.3. The van der Waals surface area contributed by atoms with E-state index in [9.17, 15) is 0 Å². The van der Waals surface area contributed by atoms with Crippen LogP contribution in [0.15, 0.2) is 53.3 Å². The van der Waals surface area contributed by atoms with Crippen molar-refractivity contribution in [1.82, 2.24) is 4.57 Å². The van der Waals surface area contributed by atoms with Crippen LogP contribution in [0, 0.1) is 0 Å². The fourth-order valence-electron chi connectivity index (χ4n) is 1.99. The third-order valence-corrected chi connectivity index (χ3v) is 2.93. The molecule has 3 nitrogen and oxygen atoms in total. The van der Waals surface area contributed by atoms with Crippen LogP contribution in [0.4, 0.5) is 5.69 Å². The molecule has 1 aromatic carbocycles. The lowest BCUT2D eigenvalue weighted by Gasteiger charge is -2.05. The van der Waals surface area contributed by atoms with Gasteiger partial charge >= 0.3 is 0 Å². The van der Waals surface area contributed by atoms with Crippen molar-refractivity contribution in [2.75, 3.05) is 5.32 Å². The summed E-state index contributed by atoms with van der Waals surface area (Å²) in [5, 5.41) is 4.59. The summed E-state index contributed by atoms with van der Waals surface area (Å²) in [5.41, 5.74) is 2.36. The number of furan rings is 1. The van der Waals surface area contributed by atoms with E-state index in [1.54, 1.807) is 6.26 Å². The lowest BCUT2D eigenvalue weighted by molar-refractivity contribution is 0.518. The van der Waals surface area contributed by atoms with Crippen LogP contribution in [0.2, 0.25) is 0 Å². The number of hydrogen-bond donors (Lipinski definition) is 1. The van der Waals surface area contributed by atoms with Crippen molar-refractivity contribution in [3.05, 3.63) is 54.6 Å². The molecule has 3 aromatic rings. The van der Waals surface area contributed by atoms with E-state index in [1.165, 1.54) is 10.9 Å². The number of nitrogens with zero attached hydrogens (tertiary/aromatic N) is 1. The van der Waals surface area contributed by atoms with Gasteiger partial charge in [-0.05, 0) is 36.4 Å². The second kappa shape index (κ2) is 4.01. The molecule has 0 fully saturated rings. The molecule has 2 aromatic heterocycles. The topological polar surface area (TPSA) is 30.1 Å². The van der Waals surface area contributed by atoms with Gasteiger partial charge < -0.3 is 14.3 Å². The van der Waals surface area contributed by atoms with Crippen molar-refractivity contribution in [2.45, 2.75) is 6.54 Å². The van der Waals surface area contributed by atoms with Crippen molar-refractivity contribution in [3.63, 3.8) is 0 Å². The standard InChI is InChI=1S/C14H14N2O/c1-16-7-6-11-9-12(4-5-14(11)16)15-10-13-3-2-8-17-13/h2-9,15H,10H2,1H3. The summed E-state index contributed by atoms with van der Waals surface area (Å²) in [7, 11) is 2.05. The number of rotatable bonds is 3. The first-order valence-corrected chi connectivity index (χ1v) is 5.64. The van der Waals surface area contributed by atoms with Crippen LogP contribution < -0.4 is 5.32 Å². The molecule has 0 aliphatic carbocycles. The van der Waals surface area contributed by atoms with Crippen molar-refractivity contribution in [2.24, 2.45) is 7.05 Å². The molecule has 17 heavy (non-hydrogen) atoms. The number of benzene rings is 1. The van der Waals surface area contributed by atoms with Crippen LogP contribution in [0.25, 0.3) is 10.9 Å². The molecule has 2 heterocycles. The van der Waals surface area contributed by atoms with Gasteiger partial charge in [-0.2, -0.15) is 0 Å². The number of nitrogens with one attached hydrogen (secondary N) is 1. The van der Waals surface area contributed by atoms with Gasteiger partial charge in [0.05, 0.1) is 12.8 Å². The third kappa shape index (κ3) is 1.91. The maximum Gasteiger partial charge on any atom is 0.122 e. The Morgan fingerprint density at radius 1 is 1.24 bits per heavy atom. The smallest absolute Gasteiger partial charge is 0.122 e. The van der Waals surface area contributed by atoms with E-state index >= 15 is 0 Å². The minimum Gasteiger partial charge on any atom is -0.467 e. The van der Waals surface area contributed by atoms with Crippen LogP contribution in [-0.4, -0.2) is 4.57 Å². The third-order valence-electron chi connectivity index (χ3n) is 2.93. The first kappa shape index (κ1) is 10.0. The molecule has 0 atom stereocenters. The molecule has 0 aliphatic rings. The van der Waals surface area contributed by atoms with Gasteiger partial charge in [0.15, 0.2) is 0 Å². The maximum absolute atomic E-state index is 5.28. The van der Waals surface area contributed by atoms with Gasteiger partial charge in [0.25, 0.3) is 0 Å². The molecule has 0 bridgehead atoms. The SMILES string of the molecule is Cn1ccc2cc(NCc3ccco3)ccc21. The molecule has 1 N–H and O–H groups in total. The van der Waals surface area contributed by atoms with E-state index in [2.05, 4.69) is 47.4 Å². The minimum atomic E-state index is 0.714. The molecule has 86 valence electrons. The second-order valence-electron chi connectivity index (χ2n) is 4.13. The van der Waals surface area contributed by atoms with E-state index in [-0.39, 0.29) is 0 Å². The summed E-state index contributed by atoms with van der Waals surface area (Å²) < 4.78 is 7.40. The van der Waals surface area contributed by atoms with Crippen LogP contribution in [-0.2, 0) is 13.6 Å². The summed E-state index contributed by atoms with van der Waals surface area (Å²) >= 11 is 0. The fraction of sp³-hybridized carbons (Fsp3) is 0.143. The summed E-state index contributed by atoms with van der Waals surface area (Å²) in [6.07, 6.45) is 3.76. The first-order valence-electron chi connectivity index (χ1n) is 5.64. The number of anilines is 1. The van der Waals surface area contributed by atoms with Gasteiger partial charge in [0, 0.05) is 29.8 Å². The highest BCUT2D eigenvalue weighted by atomic mass is 16.3. The predicted molar refractivity (Wildman–Crippen MR) is 69.0 cm³/mol. The van der Waals surface area contributed by atoms with E-state index in [0.29, 0.717) is 6.54 Å². The van der Waals surface area contributed by atoms with Gasteiger partial charge in [-0.25, -0.2) is 0 Å². The number of fused-ring (bicyclic) bond motifs is 1. The average Bonchev–Trinajstić information content (AvgIpc) is 2.97. The zero-order valence-corrected chi connectivity index (χ0v) is 9.68. The monoisotopic (exact) mass is 226 g/mol. The largest absolute Gasteiger partial charge is 0.467 e. The Morgan fingerprint density at radius 3 is 3.00 bits per heavy atom. The Hall–Kier alpha value is -2.16. The number of hydrogen-bond acceptors (Lipinski definition) is 2.